The van der Waals surface area contributed by atoms with Crippen molar-refractivity contribution in [2.45, 2.75) is 34.1 Å². The summed E-state index contributed by atoms with van der Waals surface area (Å²) in [6.45, 7) is 1.61. The topological polar surface area (TPSA) is 127 Å². The Kier molecular flexibility index (Phi) is 6.93. The molecular formula is C28H26N2O7S2. The fourth-order valence-corrected chi connectivity index (χ4v) is 7.07. The number of sulfone groups is 1. The van der Waals surface area contributed by atoms with Crippen molar-refractivity contribution in [1.29, 1.82) is 0 Å². The Morgan fingerprint density at radius 3 is 2.15 bits per heavy atom. The lowest BCUT2D eigenvalue weighted by Crippen LogP contribution is -2.39. The van der Waals surface area contributed by atoms with E-state index in [1.807, 2.05) is 6.07 Å². The molecule has 0 aliphatic heterocycles. The Bertz CT molecular complexity index is 1870. The van der Waals surface area contributed by atoms with E-state index in [0.717, 1.165) is 4.31 Å². The third-order valence-electron chi connectivity index (χ3n) is 6.77. The van der Waals surface area contributed by atoms with Crippen molar-refractivity contribution < 1.29 is 31.1 Å². The Morgan fingerprint density at radius 1 is 0.897 bits per heavy atom. The van der Waals surface area contributed by atoms with Gasteiger partial charge in [-0.2, -0.15) is 9.29 Å². The molecule has 9 nitrogen and oxygen atoms in total. The van der Waals surface area contributed by atoms with Crippen LogP contribution in [0.4, 0.5) is 0 Å². The zero-order chi connectivity index (χ0) is 27.9. The third kappa shape index (κ3) is 4.67. The van der Waals surface area contributed by atoms with Crippen molar-refractivity contribution in [3.8, 4) is 5.75 Å². The maximum absolute atomic E-state index is 13.9. The molecule has 202 valence electrons. The SMILES string of the molecule is COc1ccc(S(=O)(=O)c2nc3c(cc(S(=O)(=O)N(C)C(C)C(O)c4ccccc4)c4ccccc43)o2)cc1. The first-order valence-corrected chi connectivity index (χ1v) is 14.9. The second kappa shape index (κ2) is 10.1. The minimum absolute atomic E-state index is 0.00372. The van der Waals surface area contributed by atoms with E-state index in [1.54, 1.807) is 55.5 Å². The van der Waals surface area contributed by atoms with E-state index in [-0.39, 0.29) is 20.9 Å². The van der Waals surface area contributed by atoms with Gasteiger partial charge in [0.2, 0.25) is 10.0 Å². The molecule has 2 atom stereocenters. The number of nitrogens with zero attached hydrogens (tertiary/aromatic N) is 2. The van der Waals surface area contributed by atoms with Crippen LogP contribution >= 0.6 is 0 Å². The number of rotatable bonds is 8. The molecule has 0 saturated carbocycles. The zero-order valence-electron chi connectivity index (χ0n) is 21.3. The van der Waals surface area contributed by atoms with Crippen molar-refractivity contribution in [1.82, 2.24) is 9.29 Å². The van der Waals surface area contributed by atoms with Gasteiger partial charge in [-0.25, -0.2) is 16.8 Å². The molecule has 2 unspecified atom stereocenters. The van der Waals surface area contributed by atoms with Gasteiger partial charge in [0.05, 0.1) is 29.0 Å². The van der Waals surface area contributed by atoms with E-state index in [0.29, 0.717) is 22.1 Å². The predicted molar refractivity (Wildman–Crippen MR) is 146 cm³/mol. The average molecular weight is 567 g/mol. The minimum atomic E-state index is -4.17. The first-order valence-electron chi connectivity index (χ1n) is 12.0. The van der Waals surface area contributed by atoms with Gasteiger partial charge < -0.3 is 14.3 Å². The lowest BCUT2D eigenvalue weighted by Gasteiger charge is -2.29. The number of oxazole rings is 1. The summed E-state index contributed by atoms with van der Waals surface area (Å²) in [6.07, 6.45) is -1.08. The van der Waals surface area contributed by atoms with E-state index in [4.69, 9.17) is 9.15 Å². The molecule has 11 heteroatoms. The smallest absolute Gasteiger partial charge is 0.321 e. The number of hydrogen-bond acceptors (Lipinski definition) is 8. The van der Waals surface area contributed by atoms with E-state index in [9.17, 15) is 21.9 Å². The maximum atomic E-state index is 13.9. The van der Waals surface area contributed by atoms with Gasteiger partial charge in [0.25, 0.3) is 9.84 Å². The average Bonchev–Trinajstić information content (AvgIpc) is 3.42. The van der Waals surface area contributed by atoms with Crippen LogP contribution < -0.4 is 4.74 Å². The number of sulfonamides is 1. The molecule has 1 aromatic heterocycles. The molecule has 0 spiro atoms. The van der Waals surface area contributed by atoms with Crippen molar-refractivity contribution in [2.24, 2.45) is 0 Å². The number of aliphatic hydroxyl groups excluding tert-OH is 1. The lowest BCUT2D eigenvalue weighted by molar-refractivity contribution is 0.108. The van der Waals surface area contributed by atoms with Crippen LogP contribution in [0.2, 0.25) is 0 Å². The number of aromatic nitrogens is 1. The first kappa shape index (κ1) is 26.8. The molecule has 5 rings (SSSR count). The van der Waals surface area contributed by atoms with Gasteiger partial charge in [-0.1, -0.05) is 54.6 Å². The van der Waals surface area contributed by atoms with Gasteiger partial charge in [0.1, 0.15) is 11.3 Å². The highest BCUT2D eigenvalue weighted by Crippen LogP contribution is 2.36. The minimum Gasteiger partial charge on any atom is -0.497 e. The Morgan fingerprint density at radius 2 is 1.51 bits per heavy atom. The van der Waals surface area contributed by atoms with Gasteiger partial charge in [-0.3, -0.25) is 0 Å². The van der Waals surface area contributed by atoms with Crippen LogP contribution in [0.3, 0.4) is 0 Å². The summed E-state index contributed by atoms with van der Waals surface area (Å²) in [5, 5.41) is 11.1. The summed E-state index contributed by atoms with van der Waals surface area (Å²) >= 11 is 0. The Hall–Kier alpha value is -3.77. The number of methoxy groups -OCH3 is 1. The highest BCUT2D eigenvalue weighted by Gasteiger charge is 2.33. The maximum Gasteiger partial charge on any atom is 0.321 e. The van der Waals surface area contributed by atoms with Crippen LogP contribution in [0.1, 0.15) is 18.6 Å². The highest BCUT2D eigenvalue weighted by atomic mass is 32.2. The van der Waals surface area contributed by atoms with Gasteiger partial charge in [-0.05, 0) is 36.8 Å². The molecule has 0 aliphatic carbocycles. The summed E-state index contributed by atoms with van der Waals surface area (Å²) in [5.74, 6) is 0.489. The number of likely N-dealkylation sites (N-methyl/N-ethyl adjacent to an activating group) is 1. The summed E-state index contributed by atoms with van der Waals surface area (Å²) < 4.78 is 66.2. The summed E-state index contributed by atoms with van der Waals surface area (Å²) in [5.41, 5.74) is 0.802. The number of benzene rings is 4. The molecule has 5 aromatic rings. The van der Waals surface area contributed by atoms with Crippen molar-refractivity contribution in [3.05, 3.63) is 90.5 Å². The second-order valence-electron chi connectivity index (χ2n) is 9.04. The van der Waals surface area contributed by atoms with Crippen molar-refractivity contribution in [3.63, 3.8) is 0 Å². The third-order valence-corrected chi connectivity index (χ3v) is 10.3. The second-order valence-corrected chi connectivity index (χ2v) is 12.8. The van der Waals surface area contributed by atoms with Crippen LogP contribution in [0.25, 0.3) is 21.9 Å². The van der Waals surface area contributed by atoms with E-state index in [2.05, 4.69) is 4.98 Å². The molecule has 39 heavy (non-hydrogen) atoms. The molecule has 1 N–H and O–H groups in total. The number of aliphatic hydroxyl groups is 1. The van der Waals surface area contributed by atoms with Crippen molar-refractivity contribution in [2.75, 3.05) is 14.2 Å². The fraction of sp³-hybridized carbons (Fsp3) is 0.179. The predicted octanol–water partition coefficient (Wildman–Crippen LogP) is 4.57. The van der Waals surface area contributed by atoms with Crippen LogP contribution in [0.5, 0.6) is 5.75 Å². The highest BCUT2D eigenvalue weighted by molar-refractivity contribution is 7.91. The monoisotopic (exact) mass is 566 g/mol. The molecule has 0 radical (unpaired) electrons. The molecule has 4 aromatic carbocycles. The Balaban J connectivity index is 1.62. The normalized spacial score (nSPS) is 14.1. The van der Waals surface area contributed by atoms with Crippen LogP contribution in [-0.2, 0) is 19.9 Å². The van der Waals surface area contributed by atoms with E-state index in [1.165, 1.54) is 44.5 Å². The fourth-order valence-electron chi connectivity index (χ4n) is 4.39. The molecule has 0 saturated heterocycles. The van der Waals surface area contributed by atoms with Crippen LogP contribution in [-0.4, -0.2) is 51.4 Å². The van der Waals surface area contributed by atoms with Gasteiger partial charge in [-0.15, -0.1) is 0 Å². The first-order chi connectivity index (χ1) is 18.6. The summed E-state index contributed by atoms with van der Waals surface area (Å²) in [7, 11) is -5.45. The molecule has 0 amide bonds. The van der Waals surface area contributed by atoms with E-state index >= 15 is 0 Å². The molecule has 1 heterocycles. The largest absolute Gasteiger partial charge is 0.497 e. The van der Waals surface area contributed by atoms with Gasteiger partial charge >= 0.3 is 5.22 Å². The summed E-state index contributed by atoms with van der Waals surface area (Å²) in [4.78, 5) is 4.13. The number of ether oxygens (including phenoxy) is 1. The summed E-state index contributed by atoms with van der Waals surface area (Å²) in [6, 6.07) is 21.7. The molecule has 0 aliphatic rings. The Labute approximate surface area is 226 Å². The van der Waals surface area contributed by atoms with E-state index < -0.39 is 37.2 Å². The lowest BCUT2D eigenvalue weighted by atomic mass is 10.0. The van der Waals surface area contributed by atoms with Crippen molar-refractivity contribution >= 4 is 41.7 Å². The molecule has 0 fully saturated rings. The zero-order valence-corrected chi connectivity index (χ0v) is 23.0. The van der Waals surface area contributed by atoms with Crippen LogP contribution in [0, 0.1) is 0 Å². The standard InChI is InChI=1S/C28H26N2O7S2/c1-18(27(31)19-9-5-4-6-10-19)30(2)39(34,35)25-17-24-26(23-12-8-7-11-22(23)25)29-28(37-24)38(32,33)21-15-13-20(36-3)14-16-21/h4-18,27,31H,1-3H3. The van der Waals surface area contributed by atoms with Crippen LogP contribution in [0.15, 0.2) is 104 Å². The van der Waals surface area contributed by atoms with Gasteiger partial charge in [0, 0.05) is 23.9 Å². The number of fused-ring (bicyclic) bond motifs is 3. The quantitative estimate of drug-likeness (QED) is 0.290. The molecular weight excluding hydrogens is 540 g/mol. The number of hydrogen-bond donors (Lipinski definition) is 1. The molecule has 0 bridgehead atoms. The van der Waals surface area contributed by atoms with Gasteiger partial charge in [0.15, 0.2) is 5.58 Å².